The molecule has 0 radical (unpaired) electrons. The highest BCUT2D eigenvalue weighted by atomic mass is 35.5. The number of ether oxygens (including phenoxy) is 1. The lowest BCUT2D eigenvalue weighted by Crippen LogP contribution is -2.52. The van der Waals surface area contributed by atoms with Gasteiger partial charge in [0.15, 0.2) is 11.1 Å². The second-order valence-corrected chi connectivity index (χ2v) is 13.0. The molecule has 4 aromatic rings. The number of aromatic nitrogens is 2. The van der Waals surface area contributed by atoms with Gasteiger partial charge in [0.25, 0.3) is 5.91 Å². The first-order chi connectivity index (χ1) is 24.2. The van der Waals surface area contributed by atoms with E-state index in [4.69, 9.17) is 25.7 Å². The molecule has 1 saturated heterocycles. The van der Waals surface area contributed by atoms with Gasteiger partial charge < -0.3 is 30.0 Å². The van der Waals surface area contributed by atoms with Crippen molar-refractivity contribution in [2.75, 3.05) is 33.4 Å². The van der Waals surface area contributed by atoms with E-state index in [0.717, 1.165) is 27.8 Å². The smallest absolute Gasteiger partial charge is 0.271 e. The van der Waals surface area contributed by atoms with E-state index in [9.17, 15) is 24.7 Å². The fourth-order valence-electron chi connectivity index (χ4n) is 6.31. The summed E-state index contributed by atoms with van der Waals surface area (Å²) in [6.45, 7) is 3.05. The number of nitrogens with zero attached hydrogens (tertiary/aromatic N) is 4. The second-order valence-electron chi connectivity index (χ2n) is 12.6. The number of aliphatic hydroxyl groups excluding tert-OH is 2. The number of aliphatic hydroxyl groups is 2. The number of allylic oxidation sites excluding steroid dienone is 2. The number of nitrogens with one attached hydrogen (secondary N) is 2. The Morgan fingerprint density at radius 2 is 2.02 bits per heavy atom. The third-order valence-electron chi connectivity index (χ3n) is 9.06. The largest absolute Gasteiger partial charge is 0.436 e. The second kappa shape index (κ2) is 15.2. The Hall–Kier alpha value is -4.48. The lowest BCUT2D eigenvalue weighted by Gasteiger charge is -2.36. The van der Waals surface area contributed by atoms with Gasteiger partial charge in [-0.2, -0.15) is 5.26 Å². The Labute approximate surface area is 294 Å². The molecule has 4 N–H and O–H groups in total. The zero-order valence-corrected chi connectivity index (χ0v) is 28.5. The molecule has 1 aliphatic carbocycles. The molecule has 1 amide bonds. The first-order valence-electron chi connectivity index (χ1n) is 16.2. The Bertz CT molecular complexity index is 1980. The number of carbonyl (C=O) groups excluding carboxylic acids is 1. The molecule has 13 heteroatoms. The lowest BCUT2D eigenvalue weighted by molar-refractivity contribution is 0.0591. The maximum Gasteiger partial charge on any atom is 0.271 e. The van der Waals surface area contributed by atoms with Crippen LogP contribution in [0.5, 0.6) is 0 Å². The molecular weight excluding hydrogens is 663 g/mol. The van der Waals surface area contributed by atoms with E-state index in [1.54, 1.807) is 30.5 Å². The highest BCUT2D eigenvalue weighted by molar-refractivity contribution is 6.28. The number of amides is 1. The average Bonchev–Trinajstić information content (AvgIpc) is 3.54. The fraction of sp³-hybridized carbons (Fsp3) is 0.351. The number of rotatable bonds is 13. The molecule has 2 unspecified atom stereocenters. The Morgan fingerprint density at radius 3 is 2.72 bits per heavy atom. The van der Waals surface area contributed by atoms with Crippen molar-refractivity contribution in [3.05, 3.63) is 112 Å². The van der Waals surface area contributed by atoms with Crippen LogP contribution in [0.3, 0.4) is 0 Å². The molecule has 0 bridgehead atoms. The predicted molar refractivity (Wildman–Crippen MR) is 186 cm³/mol. The van der Waals surface area contributed by atoms with Crippen LogP contribution in [0, 0.1) is 18.3 Å². The van der Waals surface area contributed by atoms with Gasteiger partial charge in [0.1, 0.15) is 23.5 Å². The lowest BCUT2D eigenvalue weighted by atomic mass is 9.81. The van der Waals surface area contributed by atoms with Crippen molar-refractivity contribution < 1.29 is 28.6 Å². The summed E-state index contributed by atoms with van der Waals surface area (Å²) in [5.74, 6) is -0.483. The predicted octanol–water partition coefficient (Wildman–Crippen LogP) is 4.03. The quantitative estimate of drug-likeness (QED) is 0.150. The van der Waals surface area contributed by atoms with Gasteiger partial charge in [0, 0.05) is 39.5 Å². The third kappa shape index (κ3) is 7.07. The van der Waals surface area contributed by atoms with Crippen LogP contribution in [0.1, 0.15) is 49.8 Å². The van der Waals surface area contributed by atoms with Crippen molar-refractivity contribution in [1.29, 1.82) is 5.26 Å². The number of fused-ring (bicyclic) bond motifs is 1. The van der Waals surface area contributed by atoms with E-state index in [2.05, 4.69) is 21.7 Å². The van der Waals surface area contributed by atoms with Crippen LogP contribution >= 0.6 is 11.6 Å². The third-order valence-corrected chi connectivity index (χ3v) is 9.64. The maximum absolute atomic E-state index is 14.2. The van der Waals surface area contributed by atoms with Crippen LogP contribution in [0.25, 0.3) is 16.7 Å². The zero-order valence-electron chi connectivity index (χ0n) is 27.7. The van der Waals surface area contributed by atoms with Crippen molar-refractivity contribution >= 4 is 34.2 Å². The van der Waals surface area contributed by atoms with Crippen molar-refractivity contribution in [3.8, 4) is 6.07 Å². The van der Waals surface area contributed by atoms with E-state index in [1.165, 1.54) is 7.11 Å². The van der Waals surface area contributed by atoms with E-state index >= 15 is 0 Å². The van der Waals surface area contributed by atoms with Crippen LogP contribution in [0.4, 0.5) is 4.39 Å². The number of benzene rings is 2. The molecule has 260 valence electrons. The van der Waals surface area contributed by atoms with Crippen molar-refractivity contribution in [3.63, 3.8) is 0 Å². The van der Waals surface area contributed by atoms with Gasteiger partial charge in [-0.25, -0.2) is 9.37 Å². The fourth-order valence-corrected chi connectivity index (χ4v) is 6.72. The van der Waals surface area contributed by atoms with E-state index in [1.807, 2.05) is 48.2 Å². The number of methoxy groups -OCH3 is 1. The van der Waals surface area contributed by atoms with Crippen LogP contribution in [0.15, 0.2) is 71.3 Å². The monoisotopic (exact) mass is 700 g/mol. The number of aryl methyl sites for hydroxylation is 1. The molecule has 3 heterocycles. The minimum Gasteiger partial charge on any atom is -0.436 e. The molecule has 11 nitrogen and oxygen atoms in total. The van der Waals surface area contributed by atoms with Crippen LogP contribution < -0.4 is 10.6 Å². The summed E-state index contributed by atoms with van der Waals surface area (Å²) in [4.78, 5) is 25.4. The van der Waals surface area contributed by atoms with Gasteiger partial charge in [-0.05, 0) is 64.6 Å². The number of oxazole rings is 1. The summed E-state index contributed by atoms with van der Waals surface area (Å²) in [6, 6.07) is 14.6. The Kier molecular flexibility index (Phi) is 10.7. The van der Waals surface area contributed by atoms with Crippen LogP contribution in [-0.4, -0.2) is 82.0 Å². The molecule has 2 atom stereocenters. The minimum atomic E-state index is -1.52. The first-order valence-corrected chi connectivity index (χ1v) is 16.7. The molecule has 0 saturated carbocycles. The number of hydrogen-bond acceptors (Lipinski definition) is 10. The number of likely N-dealkylation sites (tertiary alicyclic amines) is 1. The molecular formula is C37H38ClFN6O5. The molecule has 50 heavy (non-hydrogen) atoms. The maximum atomic E-state index is 14.2. The molecule has 2 aliphatic rings. The Morgan fingerprint density at radius 1 is 1.24 bits per heavy atom. The first kappa shape index (κ1) is 35.3. The van der Waals surface area contributed by atoms with E-state index in [-0.39, 0.29) is 49.1 Å². The number of carbonyl (C=O) groups is 1. The Balaban J connectivity index is 1.40. The molecule has 0 spiro atoms. The number of nitriles is 1. The van der Waals surface area contributed by atoms with Crippen molar-refractivity contribution in [1.82, 2.24) is 25.5 Å². The standard InChI is InChI=1S/C37H38ClFN6O5/c1-22-6-3-4-7-29(22)30-8-5-9-37(34(30)38,36-43-31-11-23(16-45-17-27(39)18-45)10-24(13-40)33(31)50-36)44-35(48)32-12-25(21-49-2)26(15-42-32)14-41-28(19-46)20-47/h3-12,15,27-28,34,41,46-47H,14,16-21H2,1-2H3,(H,44,48). The van der Waals surface area contributed by atoms with Gasteiger partial charge in [-0.3, -0.25) is 14.7 Å². The number of halogens is 2. The van der Waals surface area contributed by atoms with Gasteiger partial charge in [-0.1, -0.05) is 36.4 Å². The topological polar surface area (TPSA) is 157 Å². The van der Waals surface area contributed by atoms with Crippen molar-refractivity contribution in [2.45, 2.75) is 49.7 Å². The molecule has 1 aliphatic heterocycles. The summed E-state index contributed by atoms with van der Waals surface area (Å²) < 4.78 is 25.3. The summed E-state index contributed by atoms with van der Waals surface area (Å²) in [6.07, 6.45) is 6.09. The van der Waals surface area contributed by atoms with Crippen LogP contribution in [-0.2, 0) is 30.0 Å². The number of alkyl halides is 2. The van der Waals surface area contributed by atoms with E-state index < -0.39 is 29.0 Å². The van der Waals surface area contributed by atoms with E-state index in [0.29, 0.717) is 30.7 Å². The van der Waals surface area contributed by atoms with Crippen molar-refractivity contribution in [2.24, 2.45) is 0 Å². The van der Waals surface area contributed by atoms with Gasteiger partial charge in [0.2, 0.25) is 5.89 Å². The van der Waals surface area contributed by atoms with Gasteiger partial charge in [0.05, 0.1) is 36.8 Å². The van der Waals surface area contributed by atoms with Crippen LogP contribution in [0.2, 0.25) is 0 Å². The summed E-state index contributed by atoms with van der Waals surface area (Å²) in [5, 5.41) is 34.2. The normalized spacial score (nSPS) is 19.4. The molecule has 2 aromatic heterocycles. The highest BCUT2D eigenvalue weighted by Crippen LogP contribution is 2.43. The average molecular weight is 701 g/mol. The van der Waals surface area contributed by atoms with Gasteiger partial charge >= 0.3 is 0 Å². The SMILES string of the molecule is COCc1cc(C(=O)NC2(c3nc4cc(CN5CC(F)C5)cc(C#N)c4o3)C=CC=C(c3ccccc3C)C2Cl)ncc1CNC(CO)CO. The summed E-state index contributed by atoms with van der Waals surface area (Å²) in [5.41, 5.74) is 4.27. The zero-order chi connectivity index (χ0) is 35.4. The number of hydrogen-bond donors (Lipinski definition) is 4. The molecule has 1 fully saturated rings. The molecule has 2 aromatic carbocycles. The summed E-state index contributed by atoms with van der Waals surface area (Å²) in [7, 11) is 1.54. The highest BCUT2D eigenvalue weighted by Gasteiger charge is 2.47. The minimum absolute atomic E-state index is 0.0784. The summed E-state index contributed by atoms with van der Waals surface area (Å²) >= 11 is 7.39. The van der Waals surface area contributed by atoms with Gasteiger partial charge in [-0.15, -0.1) is 11.6 Å². The number of pyridine rings is 1. The molecule has 6 rings (SSSR count).